The molecule has 29 nitrogen and oxygen atoms in total. The van der Waals surface area contributed by atoms with Crippen LogP contribution < -0.4 is 21.3 Å². The molecule has 117 heavy (non-hydrogen) atoms. The fourth-order valence-electron chi connectivity index (χ4n) is 11.9. The molecular formula is C88H167N11O18. The third-order valence-electron chi connectivity index (χ3n) is 19.4. The minimum atomic E-state index is -0.669. The molecule has 0 bridgehead atoms. The number of ether oxygens (including phenoxy) is 13. The minimum absolute atomic E-state index is 0.0265. The summed E-state index contributed by atoms with van der Waals surface area (Å²) in [6, 6.07) is 0. The second-order valence-electron chi connectivity index (χ2n) is 40.9. The summed E-state index contributed by atoms with van der Waals surface area (Å²) in [5, 5.41) is 29.8. The first-order valence-corrected chi connectivity index (χ1v) is 43.2. The molecule has 0 spiro atoms. The van der Waals surface area contributed by atoms with E-state index in [9.17, 15) is 24.0 Å². The highest BCUT2D eigenvalue weighted by Gasteiger charge is 2.32. The van der Waals surface area contributed by atoms with Gasteiger partial charge in [-0.2, -0.15) is 0 Å². The molecule has 4 N–H and O–H groups in total. The molecule has 0 radical (unpaired) electrons. The van der Waals surface area contributed by atoms with Gasteiger partial charge < -0.3 is 87.7 Å². The van der Waals surface area contributed by atoms with Crippen LogP contribution >= 0.6 is 0 Å². The molecule has 2 heterocycles. The standard InChI is InChI=1S/C88H167N11O18/c1-70(2)71(3)26-30-81(10,11)54-72-57-99(95-93-72)63-88(24,25)69-115-64-83(14,15)56-77(103)92-61-86(20,21)67-116-66-85(18,19)60-91-75(101)28-37-106-43-47-110-51-53-112-49-45-108-41-35-97(78(104)117-80(7,8)9)34-40-107-44-48-111-52-50-109-46-42-105-36-27-74(100)89-33-39-114-65-84(16,17)59-90-76(102)29-38-113-68-87(22,23)62-98-58-73(94-96-98)55-82(12,13)32-31-79(4,5)6/h57-58,70-71H,26-56,59-69H2,1-25H3,(H,89,100)(H,90,102)(H,91,101)(H,92,103). The lowest BCUT2D eigenvalue weighted by Crippen LogP contribution is -2.41. The Morgan fingerprint density at radius 2 is 0.701 bits per heavy atom. The first-order valence-electron chi connectivity index (χ1n) is 43.2. The van der Waals surface area contributed by atoms with Crippen LogP contribution in [0.3, 0.4) is 0 Å². The molecule has 682 valence electrons. The monoisotopic (exact) mass is 1670 g/mol. The van der Waals surface area contributed by atoms with Crippen LogP contribution in [0, 0.1) is 60.6 Å². The molecule has 1 atom stereocenters. The number of hydrogen-bond donors (Lipinski definition) is 4. The Bertz CT molecular complexity index is 3010. The Hall–Kier alpha value is -5.05. The molecule has 0 aromatic carbocycles. The summed E-state index contributed by atoms with van der Waals surface area (Å²) in [4.78, 5) is 65.4. The highest BCUT2D eigenvalue weighted by Crippen LogP contribution is 2.34. The van der Waals surface area contributed by atoms with Gasteiger partial charge in [0.2, 0.25) is 23.6 Å². The van der Waals surface area contributed by atoms with E-state index in [-0.39, 0.29) is 113 Å². The molecule has 5 amide bonds. The summed E-state index contributed by atoms with van der Waals surface area (Å²) in [6.07, 6.45) is 11.1. The van der Waals surface area contributed by atoms with Crippen molar-refractivity contribution in [1.82, 2.24) is 56.2 Å². The van der Waals surface area contributed by atoms with Crippen LogP contribution in [0.15, 0.2) is 12.4 Å². The molecule has 0 aliphatic carbocycles. The van der Waals surface area contributed by atoms with Crippen LogP contribution in [0.25, 0.3) is 0 Å². The largest absolute Gasteiger partial charge is 0.444 e. The van der Waals surface area contributed by atoms with E-state index >= 15 is 0 Å². The zero-order valence-electron chi connectivity index (χ0n) is 78.0. The summed E-state index contributed by atoms with van der Waals surface area (Å²) in [5.41, 5.74) is 0.301. The fourth-order valence-corrected chi connectivity index (χ4v) is 11.9. The maximum Gasteiger partial charge on any atom is 0.410 e. The Kier molecular flexibility index (Phi) is 50.9. The molecular weight excluding hydrogens is 1500 g/mol. The molecule has 29 heteroatoms. The van der Waals surface area contributed by atoms with Gasteiger partial charge in [0.1, 0.15) is 5.60 Å². The number of hydrogen-bond acceptors (Lipinski definition) is 22. The van der Waals surface area contributed by atoms with Gasteiger partial charge in [0.15, 0.2) is 0 Å². The van der Waals surface area contributed by atoms with Gasteiger partial charge in [0.05, 0.1) is 170 Å². The molecule has 2 rings (SSSR count). The highest BCUT2D eigenvalue weighted by molar-refractivity contribution is 5.77. The summed E-state index contributed by atoms with van der Waals surface area (Å²) in [7, 11) is 0. The lowest BCUT2D eigenvalue weighted by Gasteiger charge is -2.31. The molecule has 0 aliphatic heterocycles. The molecule has 0 aliphatic rings. The topological polar surface area (TPSA) is 318 Å². The van der Waals surface area contributed by atoms with Crippen molar-refractivity contribution in [3.05, 3.63) is 23.8 Å². The average molecular weight is 1670 g/mol. The Morgan fingerprint density at radius 3 is 1.10 bits per heavy atom. The van der Waals surface area contributed by atoms with Crippen molar-refractivity contribution < 1.29 is 85.6 Å². The van der Waals surface area contributed by atoms with Gasteiger partial charge in [-0.05, 0) is 92.8 Å². The lowest BCUT2D eigenvalue weighted by molar-refractivity contribution is -0.125. The number of amides is 5. The summed E-state index contributed by atoms with van der Waals surface area (Å²) in [5.74, 6) is 1.04. The Morgan fingerprint density at radius 1 is 0.368 bits per heavy atom. The molecule has 0 fully saturated rings. The second-order valence-corrected chi connectivity index (χ2v) is 40.9. The minimum Gasteiger partial charge on any atom is -0.444 e. The van der Waals surface area contributed by atoms with Gasteiger partial charge in [-0.1, -0.05) is 163 Å². The van der Waals surface area contributed by atoms with Crippen LogP contribution in [0.5, 0.6) is 0 Å². The van der Waals surface area contributed by atoms with E-state index in [0.717, 1.165) is 43.5 Å². The van der Waals surface area contributed by atoms with Crippen LogP contribution in [0.1, 0.15) is 236 Å². The zero-order chi connectivity index (χ0) is 87.9. The van der Waals surface area contributed by atoms with E-state index in [0.29, 0.717) is 208 Å². The number of aromatic nitrogens is 6. The van der Waals surface area contributed by atoms with Crippen LogP contribution in [0.4, 0.5) is 4.79 Å². The number of rotatable bonds is 70. The fraction of sp³-hybridized carbons (Fsp3) is 0.898. The van der Waals surface area contributed by atoms with Crippen molar-refractivity contribution in [2.24, 2.45) is 60.6 Å². The average Bonchev–Trinajstić information content (AvgIpc) is 1.75. The van der Waals surface area contributed by atoms with Crippen LogP contribution in [-0.2, 0) is 107 Å². The number of carbonyl (C=O) groups is 5. The molecule has 2 aromatic heterocycles. The normalized spacial score (nSPS) is 13.4. The van der Waals surface area contributed by atoms with E-state index in [2.05, 4.69) is 173 Å². The van der Waals surface area contributed by atoms with Gasteiger partial charge in [0, 0.05) is 118 Å². The smallest absolute Gasteiger partial charge is 0.410 e. The van der Waals surface area contributed by atoms with Crippen LogP contribution in [0.2, 0.25) is 0 Å². The first kappa shape index (κ1) is 108. The van der Waals surface area contributed by atoms with Crippen LogP contribution in [-0.4, -0.2) is 268 Å². The van der Waals surface area contributed by atoms with Gasteiger partial charge in [-0.3, -0.25) is 28.5 Å². The van der Waals surface area contributed by atoms with E-state index in [1.54, 1.807) is 4.90 Å². The van der Waals surface area contributed by atoms with Gasteiger partial charge in [0.25, 0.3) is 0 Å². The van der Waals surface area contributed by atoms with Crippen molar-refractivity contribution in [1.29, 1.82) is 0 Å². The van der Waals surface area contributed by atoms with Crippen molar-refractivity contribution in [3.8, 4) is 0 Å². The summed E-state index contributed by atoms with van der Waals surface area (Å²) >= 11 is 0. The van der Waals surface area contributed by atoms with Crippen molar-refractivity contribution in [2.75, 3.05) is 198 Å². The predicted octanol–water partition coefficient (Wildman–Crippen LogP) is 12.2. The predicted molar refractivity (Wildman–Crippen MR) is 458 cm³/mol. The van der Waals surface area contributed by atoms with Crippen molar-refractivity contribution in [2.45, 2.75) is 256 Å². The molecule has 0 saturated carbocycles. The van der Waals surface area contributed by atoms with Gasteiger partial charge >= 0.3 is 6.09 Å². The molecule has 0 saturated heterocycles. The Balaban J connectivity index is 1.44. The quantitative estimate of drug-likeness (QED) is 0.0447. The van der Waals surface area contributed by atoms with E-state index < -0.39 is 11.7 Å². The zero-order valence-corrected chi connectivity index (χ0v) is 78.0. The molecule has 2 aromatic rings. The summed E-state index contributed by atoms with van der Waals surface area (Å²) < 4.78 is 78.9. The maximum atomic E-state index is 13.2. The third kappa shape index (κ3) is 59.4. The van der Waals surface area contributed by atoms with E-state index in [1.165, 1.54) is 6.42 Å². The molecule has 1 unspecified atom stereocenters. The lowest BCUT2D eigenvalue weighted by atomic mass is 9.77. The highest BCUT2D eigenvalue weighted by atomic mass is 16.6. The van der Waals surface area contributed by atoms with E-state index in [4.69, 9.17) is 61.6 Å². The van der Waals surface area contributed by atoms with Gasteiger partial charge in [-0.15, -0.1) is 10.2 Å². The second kappa shape index (κ2) is 55.2. The van der Waals surface area contributed by atoms with E-state index in [1.807, 2.05) is 64.0 Å². The number of carbonyl (C=O) groups excluding carboxylic acids is 5. The first-order chi connectivity index (χ1) is 54.4. The summed E-state index contributed by atoms with van der Waals surface area (Å²) in [6.45, 7) is 65.8. The number of nitrogens with zero attached hydrogens (tertiary/aromatic N) is 7. The third-order valence-corrected chi connectivity index (χ3v) is 19.4. The number of nitrogens with one attached hydrogen (secondary N) is 4. The van der Waals surface area contributed by atoms with Gasteiger partial charge in [-0.25, -0.2) is 4.79 Å². The van der Waals surface area contributed by atoms with Crippen molar-refractivity contribution >= 4 is 29.7 Å². The maximum absolute atomic E-state index is 13.2. The van der Waals surface area contributed by atoms with Crippen molar-refractivity contribution in [3.63, 3.8) is 0 Å². The SMILES string of the molecule is CC(C)C(C)CCC(C)(C)Cc1cn(CC(C)(C)COCC(C)(C)CC(=O)NCC(C)(C)COCC(C)(C)CNC(=O)CCOCCOCCOCCOCCN(CCOCCOCCOCCOCCC(=O)NCCOCC(C)(C)CNC(=O)CCOCC(C)(C)Cn2cc(CC(C)(C)CCC(C)(C)C)nn2)C(=O)OC(C)(C)C)nn1. The Labute approximate surface area is 706 Å².